The maximum atomic E-state index is 6.63. The average Bonchev–Trinajstić information content (AvgIpc) is 3.04. The second kappa shape index (κ2) is 15.6. The Kier molecular flexibility index (Phi) is 11.1. The van der Waals surface area contributed by atoms with E-state index in [9.17, 15) is 0 Å². The summed E-state index contributed by atoms with van der Waals surface area (Å²) in [6.45, 7) is 1.97. The third-order valence-corrected chi connectivity index (χ3v) is 7.07. The maximum Gasteiger partial charge on any atom is 0.186 e. The van der Waals surface area contributed by atoms with Gasteiger partial charge in [0.25, 0.3) is 0 Å². The van der Waals surface area contributed by atoms with Gasteiger partial charge in [-0.3, -0.25) is 0 Å². The summed E-state index contributed by atoms with van der Waals surface area (Å²) in [6, 6.07) is 40.4. The molecule has 1 saturated heterocycles. The fraction of sp³-hybridized carbons (Fsp3) is 0.314. The lowest BCUT2D eigenvalue weighted by Gasteiger charge is -2.45. The summed E-state index contributed by atoms with van der Waals surface area (Å²) < 4.78 is 38.2. The predicted molar refractivity (Wildman–Crippen MR) is 157 cm³/mol. The van der Waals surface area contributed by atoms with Crippen LogP contribution in [0.15, 0.2) is 121 Å². The van der Waals surface area contributed by atoms with Gasteiger partial charge < -0.3 is 28.4 Å². The van der Waals surface area contributed by atoms with Crippen LogP contribution in [0.3, 0.4) is 0 Å². The van der Waals surface area contributed by atoms with E-state index in [1.165, 1.54) is 0 Å². The number of ether oxygens (including phenoxy) is 6. The molecule has 0 spiro atoms. The van der Waals surface area contributed by atoms with Crippen molar-refractivity contribution >= 4 is 0 Å². The molecule has 4 aromatic rings. The highest BCUT2D eigenvalue weighted by atomic mass is 16.7. The Morgan fingerprint density at radius 2 is 0.878 bits per heavy atom. The topological polar surface area (TPSA) is 55.4 Å². The number of methoxy groups -OCH3 is 1. The van der Waals surface area contributed by atoms with Gasteiger partial charge in [0.05, 0.1) is 33.0 Å². The molecule has 1 aliphatic rings. The molecule has 0 bridgehead atoms. The fourth-order valence-corrected chi connectivity index (χ4v) is 4.94. The second-order valence-electron chi connectivity index (χ2n) is 10.1. The molecule has 41 heavy (non-hydrogen) atoms. The lowest BCUT2D eigenvalue weighted by atomic mass is 9.97. The quantitative estimate of drug-likeness (QED) is 0.182. The van der Waals surface area contributed by atoms with Crippen LogP contribution in [0.4, 0.5) is 0 Å². The van der Waals surface area contributed by atoms with Gasteiger partial charge in [-0.25, -0.2) is 0 Å². The number of hydrogen-bond donors (Lipinski definition) is 0. The van der Waals surface area contributed by atoms with E-state index in [1.807, 2.05) is 121 Å². The fourth-order valence-electron chi connectivity index (χ4n) is 4.94. The normalized spacial score (nSPS) is 22.4. The number of hydrogen-bond acceptors (Lipinski definition) is 6. The third kappa shape index (κ3) is 8.57. The van der Waals surface area contributed by atoms with E-state index >= 15 is 0 Å². The van der Waals surface area contributed by atoms with E-state index in [-0.39, 0.29) is 0 Å². The lowest BCUT2D eigenvalue weighted by Crippen LogP contribution is -2.61. The van der Waals surface area contributed by atoms with E-state index in [2.05, 4.69) is 0 Å². The van der Waals surface area contributed by atoms with E-state index in [4.69, 9.17) is 28.4 Å². The van der Waals surface area contributed by atoms with Gasteiger partial charge in [0.15, 0.2) is 6.29 Å². The average molecular weight is 555 g/mol. The Balaban J connectivity index is 1.38. The molecule has 4 aromatic carbocycles. The minimum Gasteiger partial charge on any atom is -0.374 e. The van der Waals surface area contributed by atoms with Gasteiger partial charge in [-0.2, -0.15) is 0 Å². The van der Waals surface area contributed by atoms with Gasteiger partial charge in [0.2, 0.25) is 0 Å². The lowest BCUT2D eigenvalue weighted by molar-refractivity contribution is -0.323. The molecule has 6 nitrogen and oxygen atoms in total. The van der Waals surface area contributed by atoms with Crippen molar-refractivity contribution in [2.75, 3.05) is 13.7 Å². The first kappa shape index (κ1) is 29.1. The van der Waals surface area contributed by atoms with Crippen LogP contribution in [0.25, 0.3) is 0 Å². The summed E-state index contributed by atoms with van der Waals surface area (Å²) in [5, 5.41) is 0. The van der Waals surface area contributed by atoms with Crippen molar-refractivity contribution < 1.29 is 28.4 Å². The van der Waals surface area contributed by atoms with E-state index in [0.717, 1.165) is 22.3 Å². The van der Waals surface area contributed by atoms with Gasteiger partial charge in [-0.1, -0.05) is 121 Å². The molecule has 6 heteroatoms. The molecule has 0 saturated carbocycles. The molecule has 1 heterocycles. The van der Waals surface area contributed by atoms with Crippen molar-refractivity contribution in [1.29, 1.82) is 0 Å². The zero-order valence-electron chi connectivity index (χ0n) is 23.4. The highest BCUT2D eigenvalue weighted by molar-refractivity contribution is 5.16. The van der Waals surface area contributed by atoms with Gasteiger partial charge in [-0.05, 0) is 22.3 Å². The first-order valence-electron chi connectivity index (χ1n) is 14.1. The standard InChI is InChI=1S/C35H38O6/c1-36-35-34(40-25-30-20-12-5-13-21-30)33(39-24-29-18-10-4-11-19-29)32(38-23-28-16-8-3-9-17-28)31(41-35)26-37-22-27-14-6-2-7-15-27/h2-21,31-35H,22-26H2,1H3/t31-,32-,33+,34+,35-/m1/s1. The van der Waals surface area contributed by atoms with Crippen LogP contribution in [0.5, 0.6) is 0 Å². The van der Waals surface area contributed by atoms with Gasteiger partial charge in [0.1, 0.15) is 24.4 Å². The van der Waals surface area contributed by atoms with Gasteiger partial charge in [0, 0.05) is 7.11 Å². The molecule has 0 N–H and O–H groups in total. The van der Waals surface area contributed by atoms with Gasteiger partial charge >= 0.3 is 0 Å². The molecule has 5 rings (SSSR count). The molecule has 0 radical (unpaired) electrons. The molecule has 0 aromatic heterocycles. The summed E-state index contributed by atoms with van der Waals surface area (Å²) in [7, 11) is 1.63. The molecule has 1 aliphatic heterocycles. The number of rotatable bonds is 14. The monoisotopic (exact) mass is 554 g/mol. The van der Waals surface area contributed by atoms with Crippen molar-refractivity contribution in [2.24, 2.45) is 0 Å². The Labute approximate surface area is 242 Å². The van der Waals surface area contributed by atoms with Crippen molar-refractivity contribution in [2.45, 2.75) is 57.1 Å². The Morgan fingerprint density at radius 3 is 1.32 bits per heavy atom. The molecule has 5 atom stereocenters. The summed E-state index contributed by atoms with van der Waals surface area (Å²) >= 11 is 0. The smallest absolute Gasteiger partial charge is 0.186 e. The molecule has 214 valence electrons. The molecule has 0 unspecified atom stereocenters. The van der Waals surface area contributed by atoms with E-state index < -0.39 is 30.7 Å². The minimum atomic E-state index is -0.665. The summed E-state index contributed by atoms with van der Waals surface area (Å²) in [5.41, 5.74) is 4.27. The summed E-state index contributed by atoms with van der Waals surface area (Å²) in [4.78, 5) is 0. The van der Waals surface area contributed by atoms with Crippen LogP contribution in [-0.4, -0.2) is 44.4 Å². The molecule has 0 aliphatic carbocycles. The van der Waals surface area contributed by atoms with Crippen molar-refractivity contribution in [3.05, 3.63) is 144 Å². The van der Waals surface area contributed by atoms with Gasteiger partial charge in [-0.15, -0.1) is 0 Å². The maximum absolute atomic E-state index is 6.63. The van der Waals surface area contributed by atoms with E-state index in [1.54, 1.807) is 7.11 Å². The first-order valence-corrected chi connectivity index (χ1v) is 14.1. The SMILES string of the molecule is CO[C@@H]1O[C@H](COCc2ccccc2)[C@@H](OCc2ccccc2)[C@H](OCc2ccccc2)[C@@H]1OCc1ccccc1. The molecule has 0 amide bonds. The first-order chi connectivity index (χ1) is 20.3. The van der Waals surface area contributed by atoms with Crippen LogP contribution in [0.2, 0.25) is 0 Å². The van der Waals surface area contributed by atoms with Crippen LogP contribution in [-0.2, 0) is 54.8 Å². The van der Waals surface area contributed by atoms with Crippen LogP contribution in [0, 0.1) is 0 Å². The summed E-state index contributed by atoms with van der Waals surface area (Å²) in [5.74, 6) is 0. The highest BCUT2D eigenvalue weighted by Crippen LogP contribution is 2.31. The zero-order chi connectivity index (χ0) is 28.1. The zero-order valence-corrected chi connectivity index (χ0v) is 23.4. The Morgan fingerprint density at radius 1 is 0.488 bits per heavy atom. The molecular weight excluding hydrogens is 516 g/mol. The predicted octanol–water partition coefficient (Wildman–Crippen LogP) is 6.33. The van der Waals surface area contributed by atoms with Crippen LogP contribution < -0.4 is 0 Å². The minimum absolute atomic E-state index is 0.310. The second-order valence-corrected chi connectivity index (χ2v) is 10.1. The van der Waals surface area contributed by atoms with Crippen molar-refractivity contribution in [3.63, 3.8) is 0 Å². The summed E-state index contributed by atoms with van der Waals surface area (Å²) in [6.07, 6.45) is -2.59. The Bertz CT molecular complexity index is 1260. The molecular formula is C35H38O6. The third-order valence-electron chi connectivity index (χ3n) is 7.07. The largest absolute Gasteiger partial charge is 0.374 e. The number of benzene rings is 4. The molecule has 1 fully saturated rings. The van der Waals surface area contributed by atoms with Crippen molar-refractivity contribution in [1.82, 2.24) is 0 Å². The highest BCUT2D eigenvalue weighted by Gasteiger charge is 2.48. The van der Waals surface area contributed by atoms with E-state index in [0.29, 0.717) is 33.0 Å². The van der Waals surface area contributed by atoms with Crippen molar-refractivity contribution in [3.8, 4) is 0 Å². The Hall–Kier alpha value is -3.36. The van der Waals surface area contributed by atoms with Crippen LogP contribution in [0.1, 0.15) is 22.3 Å². The van der Waals surface area contributed by atoms with Crippen LogP contribution >= 0.6 is 0 Å².